The van der Waals surface area contributed by atoms with Gasteiger partial charge in [0, 0.05) is 7.05 Å². The van der Waals surface area contributed by atoms with Crippen LogP contribution >= 0.6 is 11.3 Å². The van der Waals surface area contributed by atoms with Gasteiger partial charge in [0.1, 0.15) is 4.83 Å². The molecule has 23 heavy (non-hydrogen) atoms. The minimum atomic E-state index is -3.57. The quantitative estimate of drug-likeness (QED) is 0.864. The number of imidazole rings is 1. The first-order valence-electron chi connectivity index (χ1n) is 7.90. The molecule has 126 valence electrons. The monoisotopic (exact) mass is 355 g/mol. The van der Waals surface area contributed by atoms with Gasteiger partial charge in [0.15, 0.2) is 0 Å². The Balaban J connectivity index is 1.56. The van der Waals surface area contributed by atoms with Crippen LogP contribution in [0.1, 0.15) is 48.2 Å². The Morgan fingerprint density at radius 3 is 2.87 bits per heavy atom. The summed E-state index contributed by atoms with van der Waals surface area (Å²) in [5, 5.41) is 0. The number of hydrogen-bond acceptors (Lipinski definition) is 5. The van der Waals surface area contributed by atoms with Crippen LogP contribution in [0.3, 0.4) is 0 Å². The third-order valence-electron chi connectivity index (χ3n) is 4.39. The van der Waals surface area contributed by atoms with E-state index in [1.165, 1.54) is 37.0 Å². The van der Waals surface area contributed by atoms with E-state index in [0.29, 0.717) is 17.2 Å². The Labute approximate surface area is 140 Å². The summed E-state index contributed by atoms with van der Waals surface area (Å²) in [5.74, 6) is 0.113. The van der Waals surface area contributed by atoms with Crippen molar-refractivity contribution in [2.45, 2.75) is 38.5 Å². The van der Waals surface area contributed by atoms with E-state index in [2.05, 4.69) is 9.71 Å². The van der Waals surface area contributed by atoms with Gasteiger partial charge in [-0.25, -0.2) is 18.1 Å². The van der Waals surface area contributed by atoms with Crippen LogP contribution in [-0.2, 0) is 17.1 Å². The van der Waals surface area contributed by atoms with Gasteiger partial charge in [-0.1, -0.05) is 25.7 Å². The molecule has 2 aromatic heterocycles. The lowest BCUT2D eigenvalue weighted by molar-refractivity contribution is 0.0985. The standard InChI is InChI=1S/C15H21N3O3S2/c1-18-10-16-15-12(18)9-13(22-15)14(19)17-23(20,21)8-4-7-11-5-2-3-6-11/h9-11H,2-8H2,1H3,(H,17,19). The third-order valence-corrected chi connectivity index (χ3v) is 6.75. The number of aromatic nitrogens is 2. The van der Waals surface area contributed by atoms with Crippen LogP contribution in [0.2, 0.25) is 0 Å². The molecule has 0 spiro atoms. The molecule has 0 saturated heterocycles. The zero-order valence-corrected chi connectivity index (χ0v) is 14.8. The van der Waals surface area contributed by atoms with Crippen LogP contribution in [0.4, 0.5) is 0 Å². The van der Waals surface area contributed by atoms with E-state index < -0.39 is 15.9 Å². The van der Waals surface area contributed by atoms with Crippen molar-refractivity contribution in [2.75, 3.05) is 5.75 Å². The number of hydrogen-bond donors (Lipinski definition) is 1. The van der Waals surface area contributed by atoms with Crippen LogP contribution < -0.4 is 4.72 Å². The highest BCUT2D eigenvalue weighted by molar-refractivity contribution is 7.90. The van der Waals surface area contributed by atoms with E-state index in [0.717, 1.165) is 16.8 Å². The summed E-state index contributed by atoms with van der Waals surface area (Å²) < 4.78 is 28.1. The number of nitrogens with zero attached hydrogens (tertiary/aromatic N) is 2. The molecule has 1 N–H and O–H groups in total. The maximum Gasteiger partial charge on any atom is 0.274 e. The molecule has 0 aliphatic heterocycles. The van der Waals surface area contributed by atoms with E-state index in [1.54, 1.807) is 17.0 Å². The molecule has 3 rings (SSSR count). The number of fused-ring (bicyclic) bond motifs is 1. The lowest BCUT2D eigenvalue weighted by atomic mass is 10.0. The summed E-state index contributed by atoms with van der Waals surface area (Å²) in [4.78, 5) is 17.4. The van der Waals surface area contributed by atoms with Crippen molar-refractivity contribution >= 4 is 37.6 Å². The number of sulfonamides is 1. The Morgan fingerprint density at radius 2 is 2.17 bits per heavy atom. The van der Waals surface area contributed by atoms with Crippen LogP contribution in [0.5, 0.6) is 0 Å². The molecule has 1 saturated carbocycles. The molecule has 0 bridgehead atoms. The van der Waals surface area contributed by atoms with Gasteiger partial charge in [-0.15, -0.1) is 11.3 Å². The van der Waals surface area contributed by atoms with E-state index in [-0.39, 0.29) is 5.75 Å². The number of rotatable bonds is 6. The maximum absolute atomic E-state index is 12.1. The number of thiophene rings is 1. The third kappa shape index (κ3) is 3.92. The van der Waals surface area contributed by atoms with Crippen molar-refractivity contribution < 1.29 is 13.2 Å². The van der Waals surface area contributed by atoms with Crippen molar-refractivity contribution in [3.05, 3.63) is 17.3 Å². The van der Waals surface area contributed by atoms with Gasteiger partial charge in [-0.2, -0.15) is 0 Å². The minimum Gasteiger partial charge on any atom is -0.333 e. The average Bonchev–Trinajstić information content (AvgIpc) is 3.17. The predicted octanol–water partition coefficient (Wildman–Crippen LogP) is 2.66. The number of carbonyl (C=O) groups is 1. The van der Waals surface area contributed by atoms with Crippen molar-refractivity contribution in [3.63, 3.8) is 0 Å². The second kappa shape index (κ2) is 6.60. The zero-order chi connectivity index (χ0) is 16.4. The van der Waals surface area contributed by atoms with Crippen LogP contribution in [-0.4, -0.2) is 29.6 Å². The normalized spacial score (nSPS) is 16.2. The Morgan fingerprint density at radius 1 is 1.43 bits per heavy atom. The maximum atomic E-state index is 12.1. The SMILES string of the molecule is Cn1cnc2sc(C(=O)NS(=O)(=O)CCCC3CCCC3)cc21. The Bertz CT molecular complexity index is 801. The van der Waals surface area contributed by atoms with Crippen molar-refractivity contribution in [2.24, 2.45) is 13.0 Å². The second-order valence-corrected chi connectivity index (χ2v) is 9.07. The van der Waals surface area contributed by atoms with Gasteiger partial charge < -0.3 is 4.57 Å². The number of carbonyl (C=O) groups excluding carboxylic acids is 1. The molecule has 0 unspecified atom stereocenters. The summed E-state index contributed by atoms with van der Waals surface area (Å²) >= 11 is 1.20. The van der Waals surface area contributed by atoms with Crippen molar-refractivity contribution in [1.82, 2.24) is 14.3 Å². The molecular formula is C15H21N3O3S2. The lowest BCUT2D eigenvalue weighted by Crippen LogP contribution is -2.32. The Hall–Kier alpha value is -1.41. The Kier molecular flexibility index (Phi) is 4.72. The molecule has 1 fully saturated rings. The first-order valence-corrected chi connectivity index (χ1v) is 10.4. The summed E-state index contributed by atoms with van der Waals surface area (Å²) in [6, 6.07) is 1.68. The molecule has 0 atom stereocenters. The van der Waals surface area contributed by atoms with E-state index in [9.17, 15) is 13.2 Å². The van der Waals surface area contributed by atoms with E-state index in [4.69, 9.17) is 0 Å². The molecule has 1 aliphatic carbocycles. The highest BCUT2D eigenvalue weighted by atomic mass is 32.2. The minimum absolute atomic E-state index is 0.0123. The van der Waals surface area contributed by atoms with Gasteiger partial charge in [0.05, 0.1) is 22.5 Å². The number of amides is 1. The molecule has 2 aromatic rings. The van der Waals surface area contributed by atoms with Gasteiger partial charge >= 0.3 is 0 Å². The number of aryl methyl sites for hydroxylation is 1. The summed E-state index contributed by atoms with van der Waals surface area (Å²) in [7, 11) is -1.73. The van der Waals surface area contributed by atoms with Gasteiger partial charge in [0.25, 0.3) is 5.91 Å². The molecule has 6 nitrogen and oxygen atoms in total. The highest BCUT2D eigenvalue weighted by Crippen LogP contribution is 2.28. The average molecular weight is 355 g/mol. The van der Waals surface area contributed by atoms with Gasteiger partial charge in [-0.05, 0) is 24.8 Å². The summed E-state index contributed by atoms with van der Waals surface area (Å²) in [6.45, 7) is 0. The zero-order valence-electron chi connectivity index (χ0n) is 13.1. The highest BCUT2D eigenvalue weighted by Gasteiger charge is 2.20. The second-order valence-electron chi connectivity index (χ2n) is 6.20. The van der Waals surface area contributed by atoms with Crippen molar-refractivity contribution in [1.29, 1.82) is 0 Å². The van der Waals surface area contributed by atoms with Crippen LogP contribution in [0.15, 0.2) is 12.4 Å². The fraction of sp³-hybridized carbons (Fsp3) is 0.600. The molecule has 2 heterocycles. The molecule has 8 heteroatoms. The topological polar surface area (TPSA) is 81.1 Å². The van der Waals surface area contributed by atoms with Crippen LogP contribution in [0, 0.1) is 5.92 Å². The molecule has 0 aromatic carbocycles. The van der Waals surface area contributed by atoms with E-state index >= 15 is 0 Å². The molecule has 1 aliphatic rings. The lowest BCUT2D eigenvalue weighted by Gasteiger charge is -2.09. The fourth-order valence-electron chi connectivity index (χ4n) is 3.13. The van der Waals surface area contributed by atoms with E-state index in [1.807, 2.05) is 7.05 Å². The summed E-state index contributed by atoms with van der Waals surface area (Å²) in [6.07, 6.45) is 8.15. The van der Waals surface area contributed by atoms with Crippen LogP contribution in [0.25, 0.3) is 10.3 Å². The van der Waals surface area contributed by atoms with Gasteiger partial charge in [-0.3, -0.25) is 4.79 Å². The summed E-state index contributed by atoms with van der Waals surface area (Å²) in [5.41, 5.74) is 0.832. The fourth-order valence-corrected chi connectivity index (χ4v) is 5.17. The predicted molar refractivity (Wildman–Crippen MR) is 91.0 cm³/mol. The first-order chi connectivity index (χ1) is 10.9. The first kappa shape index (κ1) is 16.4. The van der Waals surface area contributed by atoms with Crippen molar-refractivity contribution in [3.8, 4) is 0 Å². The molecule has 1 amide bonds. The molecule has 0 radical (unpaired) electrons. The smallest absolute Gasteiger partial charge is 0.274 e. The number of nitrogens with one attached hydrogen (secondary N) is 1. The molecular weight excluding hydrogens is 334 g/mol. The van der Waals surface area contributed by atoms with Gasteiger partial charge in [0.2, 0.25) is 10.0 Å². The largest absolute Gasteiger partial charge is 0.333 e.